The summed E-state index contributed by atoms with van der Waals surface area (Å²) in [5.74, 6) is -0.340. The Kier molecular flexibility index (Phi) is 9.13. The van der Waals surface area contributed by atoms with E-state index >= 15 is 0 Å². The van der Waals surface area contributed by atoms with Gasteiger partial charge < -0.3 is 19.1 Å². The van der Waals surface area contributed by atoms with E-state index < -0.39 is 41.2 Å². The summed E-state index contributed by atoms with van der Waals surface area (Å²) in [5, 5.41) is 0.196. The van der Waals surface area contributed by atoms with Crippen molar-refractivity contribution in [1.82, 2.24) is 4.90 Å². The van der Waals surface area contributed by atoms with Gasteiger partial charge in [-0.1, -0.05) is 39.7 Å². The van der Waals surface area contributed by atoms with Crippen LogP contribution in [0.3, 0.4) is 0 Å². The van der Waals surface area contributed by atoms with E-state index in [1.807, 2.05) is 12.1 Å². The highest BCUT2D eigenvalue weighted by Crippen LogP contribution is 2.48. The van der Waals surface area contributed by atoms with Gasteiger partial charge in [-0.05, 0) is 89.6 Å². The second-order valence-corrected chi connectivity index (χ2v) is 13.4. The number of carbonyl (C=O) groups excluding carboxylic acids is 3. The van der Waals surface area contributed by atoms with E-state index in [0.29, 0.717) is 10.2 Å². The largest absolute Gasteiger partial charge is 0.497 e. The van der Waals surface area contributed by atoms with Crippen molar-refractivity contribution >= 4 is 51.3 Å². The molecule has 3 aromatic carbocycles. The van der Waals surface area contributed by atoms with Crippen LogP contribution < -0.4 is 9.64 Å². The minimum absolute atomic E-state index is 0.0313. The molecule has 3 amide bonds. The highest BCUT2D eigenvalue weighted by Gasteiger charge is 2.45. The number of carbonyl (C=O) groups is 3. The normalized spacial score (nSPS) is 14.8. The Hall–Kier alpha value is -3.63. The number of nitrogens with zero attached hydrogens (tertiary/aromatic N) is 2. The van der Waals surface area contributed by atoms with E-state index in [0.717, 1.165) is 10.5 Å². The van der Waals surface area contributed by atoms with Crippen molar-refractivity contribution < 1.29 is 33.0 Å². The molecule has 228 valence electrons. The molecule has 43 heavy (non-hydrogen) atoms. The molecule has 1 heterocycles. The summed E-state index contributed by atoms with van der Waals surface area (Å²) >= 11 is 10.1. The minimum Gasteiger partial charge on any atom is -0.497 e. The maximum Gasteiger partial charge on any atom is 0.424 e. The summed E-state index contributed by atoms with van der Waals surface area (Å²) in [7, 11) is 1.55. The number of imide groups is 1. The standard InChI is InChI=1S/C32H33BrClFN2O6/c1-31(2,3)42-29(39)37(30(40)43-32(4,5)6)25-15-19(33)14-23-26(25)27(22-16-20(35)10-13-24(22)34)36(28(23)38)17-18-8-11-21(41-7)12-9-18/h8-16,27H,17H2,1-7H3. The van der Waals surface area contributed by atoms with Crippen LogP contribution in [-0.2, 0) is 16.0 Å². The smallest absolute Gasteiger partial charge is 0.424 e. The number of ether oxygens (including phenoxy) is 3. The molecular weight excluding hydrogens is 643 g/mol. The predicted molar refractivity (Wildman–Crippen MR) is 165 cm³/mol. The quantitative estimate of drug-likeness (QED) is 0.269. The average molecular weight is 676 g/mol. The summed E-state index contributed by atoms with van der Waals surface area (Å²) in [6.45, 7) is 10.1. The third-order valence-corrected chi connectivity index (χ3v) is 7.16. The van der Waals surface area contributed by atoms with Gasteiger partial charge in [-0.25, -0.2) is 14.0 Å². The van der Waals surface area contributed by atoms with Crippen LogP contribution in [0, 0.1) is 5.82 Å². The number of rotatable bonds is 5. The fourth-order valence-electron chi connectivity index (χ4n) is 4.71. The summed E-state index contributed by atoms with van der Waals surface area (Å²) < 4.78 is 31.6. The van der Waals surface area contributed by atoms with Crippen LogP contribution in [0.1, 0.15) is 74.6 Å². The molecule has 0 saturated heterocycles. The molecule has 11 heteroatoms. The first-order chi connectivity index (χ1) is 20.0. The third-order valence-electron chi connectivity index (χ3n) is 6.36. The molecule has 1 unspecified atom stereocenters. The average Bonchev–Trinajstić information content (AvgIpc) is 3.15. The zero-order valence-corrected chi connectivity index (χ0v) is 27.3. The number of amides is 3. The van der Waals surface area contributed by atoms with Gasteiger partial charge in [0.15, 0.2) is 0 Å². The van der Waals surface area contributed by atoms with Gasteiger partial charge in [0.05, 0.1) is 18.8 Å². The fraction of sp³-hybridized carbons (Fsp3) is 0.344. The van der Waals surface area contributed by atoms with Gasteiger partial charge in [-0.2, -0.15) is 4.90 Å². The van der Waals surface area contributed by atoms with Crippen LogP contribution >= 0.6 is 27.5 Å². The maximum atomic E-state index is 14.7. The van der Waals surface area contributed by atoms with Crippen molar-refractivity contribution in [3.05, 3.63) is 92.2 Å². The summed E-state index contributed by atoms with van der Waals surface area (Å²) in [5.41, 5.74) is -0.396. The first-order valence-electron chi connectivity index (χ1n) is 13.5. The first-order valence-corrected chi connectivity index (χ1v) is 14.6. The number of halogens is 3. The van der Waals surface area contributed by atoms with E-state index in [1.165, 1.54) is 29.2 Å². The second kappa shape index (κ2) is 12.2. The molecule has 3 aromatic rings. The number of benzene rings is 3. The van der Waals surface area contributed by atoms with E-state index in [9.17, 15) is 18.8 Å². The predicted octanol–water partition coefficient (Wildman–Crippen LogP) is 8.67. The molecule has 0 N–H and O–H groups in total. The van der Waals surface area contributed by atoms with E-state index in [2.05, 4.69) is 15.9 Å². The highest BCUT2D eigenvalue weighted by molar-refractivity contribution is 9.10. The van der Waals surface area contributed by atoms with Crippen molar-refractivity contribution in [3.63, 3.8) is 0 Å². The molecule has 8 nitrogen and oxygen atoms in total. The Balaban J connectivity index is 1.97. The molecule has 4 rings (SSSR count). The van der Waals surface area contributed by atoms with E-state index in [4.69, 9.17) is 25.8 Å². The molecule has 0 spiro atoms. The zero-order chi connectivity index (χ0) is 31.9. The maximum absolute atomic E-state index is 14.7. The van der Waals surface area contributed by atoms with Gasteiger partial charge >= 0.3 is 12.2 Å². The van der Waals surface area contributed by atoms with E-state index in [1.54, 1.807) is 66.9 Å². The van der Waals surface area contributed by atoms with Gasteiger partial charge in [0, 0.05) is 32.7 Å². The molecule has 0 radical (unpaired) electrons. The third kappa shape index (κ3) is 7.30. The molecule has 1 aliphatic heterocycles. The van der Waals surface area contributed by atoms with Crippen LogP contribution in [-0.4, -0.2) is 41.3 Å². The Morgan fingerprint density at radius 3 is 2.07 bits per heavy atom. The molecular formula is C32H33BrClFN2O6. The lowest BCUT2D eigenvalue weighted by molar-refractivity contribution is 0.0430. The Labute approximate surface area is 263 Å². The van der Waals surface area contributed by atoms with Gasteiger partial charge in [0.25, 0.3) is 5.91 Å². The van der Waals surface area contributed by atoms with Gasteiger partial charge in [-0.15, -0.1) is 0 Å². The molecule has 0 aliphatic carbocycles. The second-order valence-electron chi connectivity index (χ2n) is 12.0. The highest BCUT2D eigenvalue weighted by atomic mass is 79.9. The summed E-state index contributed by atoms with van der Waals surface area (Å²) in [4.78, 5) is 43.7. The molecule has 0 saturated carbocycles. The zero-order valence-electron chi connectivity index (χ0n) is 25.0. The minimum atomic E-state index is -1.01. The Morgan fingerprint density at radius 2 is 1.53 bits per heavy atom. The van der Waals surface area contributed by atoms with Crippen LogP contribution in [0.2, 0.25) is 5.02 Å². The van der Waals surface area contributed by atoms with Crippen LogP contribution in [0.25, 0.3) is 0 Å². The number of hydrogen-bond acceptors (Lipinski definition) is 6. The van der Waals surface area contributed by atoms with Crippen molar-refractivity contribution in [2.75, 3.05) is 12.0 Å². The summed E-state index contributed by atoms with van der Waals surface area (Å²) in [6.07, 6.45) is -2.01. The van der Waals surface area contributed by atoms with Crippen molar-refractivity contribution in [1.29, 1.82) is 0 Å². The Bertz CT molecular complexity index is 1540. The van der Waals surface area contributed by atoms with Crippen molar-refractivity contribution in [2.45, 2.75) is 65.3 Å². The van der Waals surface area contributed by atoms with Crippen molar-refractivity contribution in [2.24, 2.45) is 0 Å². The lowest BCUT2D eigenvalue weighted by Gasteiger charge is -2.32. The number of hydrogen-bond donors (Lipinski definition) is 0. The van der Waals surface area contributed by atoms with Gasteiger partial charge in [0.2, 0.25) is 0 Å². The van der Waals surface area contributed by atoms with Crippen LogP contribution in [0.5, 0.6) is 5.75 Å². The SMILES string of the molecule is COc1ccc(CN2C(=O)c3cc(Br)cc(N(C(=O)OC(C)(C)C)C(=O)OC(C)(C)C)c3C2c2cc(F)ccc2Cl)cc1. The number of methoxy groups -OCH3 is 1. The monoisotopic (exact) mass is 674 g/mol. The van der Waals surface area contributed by atoms with Crippen LogP contribution in [0.15, 0.2) is 59.1 Å². The van der Waals surface area contributed by atoms with Crippen molar-refractivity contribution in [3.8, 4) is 5.75 Å². The Morgan fingerprint density at radius 1 is 0.953 bits per heavy atom. The summed E-state index contributed by atoms with van der Waals surface area (Å²) in [6, 6.07) is 13.1. The molecule has 0 aromatic heterocycles. The van der Waals surface area contributed by atoms with Gasteiger partial charge in [0.1, 0.15) is 22.8 Å². The lowest BCUT2D eigenvalue weighted by Crippen LogP contribution is -2.44. The topological polar surface area (TPSA) is 85.4 Å². The van der Waals surface area contributed by atoms with Gasteiger partial charge in [-0.3, -0.25) is 4.79 Å². The fourth-order valence-corrected chi connectivity index (χ4v) is 5.37. The van der Waals surface area contributed by atoms with E-state index in [-0.39, 0.29) is 33.9 Å². The van der Waals surface area contributed by atoms with Crippen LogP contribution in [0.4, 0.5) is 19.7 Å². The lowest BCUT2D eigenvalue weighted by atomic mass is 9.95. The molecule has 0 bridgehead atoms. The molecule has 1 aliphatic rings. The molecule has 0 fully saturated rings. The number of anilines is 1. The molecule has 1 atom stereocenters. The number of fused-ring (bicyclic) bond motifs is 1. The first kappa shape index (κ1) is 32.3.